The van der Waals surface area contributed by atoms with Crippen LogP contribution in [0.3, 0.4) is 0 Å². The molecule has 0 saturated heterocycles. The first kappa shape index (κ1) is 18.7. The van der Waals surface area contributed by atoms with Gasteiger partial charge in [-0.05, 0) is 19.1 Å². The van der Waals surface area contributed by atoms with Crippen molar-refractivity contribution >= 4 is 22.4 Å². The quantitative estimate of drug-likeness (QED) is 0.532. The Labute approximate surface area is 170 Å². The summed E-state index contributed by atoms with van der Waals surface area (Å²) in [5.74, 6) is 0.0598. The predicted octanol–water partition coefficient (Wildman–Crippen LogP) is 3.45. The van der Waals surface area contributed by atoms with Gasteiger partial charge in [-0.1, -0.05) is 36.4 Å². The molecule has 0 bridgehead atoms. The van der Waals surface area contributed by atoms with Crippen molar-refractivity contribution < 1.29 is 4.79 Å². The molecule has 2 N–H and O–H groups in total. The van der Waals surface area contributed by atoms with Gasteiger partial charge in [0.05, 0.1) is 12.1 Å². The van der Waals surface area contributed by atoms with E-state index in [9.17, 15) is 9.59 Å². The zero-order valence-corrected chi connectivity index (χ0v) is 16.4. The third-order valence-corrected chi connectivity index (χ3v) is 5.04. The number of rotatable bonds is 5. The molecular formula is C21H17N5O2S. The van der Waals surface area contributed by atoms with Crippen LogP contribution in [0.25, 0.3) is 22.8 Å². The number of carbonyl (C=O) groups is 1. The van der Waals surface area contributed by atoms with Gasteiger partial charge >= 0.3 is 0 Å². The van der Waals surface area contributed by atoms with Gasteiger partial charge in [0.15, 0.2) is 11.0 Å². The lowest BCUT2D eigenvalue weighted by atomic mass is 10.1. The Morgan fingerprint density at radius 2 is 1.86 bits per heavy atom. The van der Waals surface area contributed by atoms with E-state index >= 15 is 0 Å². The van der Waals surface area contributed by atoms with E-state index in [4.69, 9.17) is 0 Å². The number of anilines is 1. The fraction of sp³-hybridized carbons (Fsp3) is 0.0952. The molecule has 3 heterocycles. The molecule has 0 unspecified atom stereocenters. The van der Waals surface area contributed by atoms with Crippen molar-refractivity contribution in [1.82, 2.24) is 19.9 Å². The van der Waals surface area contributed by atoms with Crippen molar-refractivity contribution in [3.8, 4) is 22.8 Å². The van der Waals surface area contributed by atoms with Gasteiger partial charge in [-0.3, -0.25) is 14.6 Å². The molecule has 0 saturated carbocycles. The van der Waals surface area contributed by atoms with Crippen molar-refractivity contribution in [2.24, 2.45) is 0 Å². The van der Waals surface area contributed by atoms with E-state index < -0.39 is 0 Å². The maximum absolute atomic E-state index is 12.5. The van der Waals surface area contributed by atoms with E-state index in [0.29, 0.717) is 27.9 Å². The molecule has 4 rings (SSSR count). The Morgan fingerprint density at radius 1 is 1.07 bits per heavy atom. The minimum Gasteiger partial charge on any atom is -0.305 e. The Bertz CT molecular complexity index is 1200. The fourth-order valence-electron chi connectivity index (χ4n) is 2.84. The predicted molar refractivity (Wildman–Crippen MR) is 113 cm³/mol. The zero-order valence-electron chi connectivity index (χ0n) is 15.5. The Kier molecular flexibility index (Phi) is 5.26. The highest BCUT2D eigenvalue weighted by Gasteiger charge is 2.15. The first-order valence-electron chi connectivity index (χ1n) is 8.92. The van der Waals surface area contributed by atoms with Gasteiger partial charge in [-0.15, -0.1) is 11.3 Å². The topological polar surface area (TPSA) is 101 Å². The van der Waals surface area contributed by atoms with Crippen LogP contribution in [0.1, 0.15) is 11.3 Å². The first-order valence-corrected chi connectivity index (χ1v) is 9.80. The van der Waals surface area contributed by atoms with E-state index in [1.807, 2.05) is 41.8 Å². The number of benzene rings is 1. The van der Waals surface area contributed by atoms with Crippen LogP contribution in [0.2, 0.25) is 0 Å². The molecule has 3 aromatic heterocycles. The van der Waals surface area contributed by atoms with Crippen molar-refractivity contribution in [1.29, 1.82) is 0 Å². The molecule has 29 heavy (non-hydrogen) atoms. The standard InChI is InChI=1S/C21H17N5O2S/c1-13-15(20(28)26-19(23-13)16-9-5-6-10-22-16)11-18(27)25-21-24-17(12-29-21)14-7-3-2-4-8-14/h2-10,12H,11H2,1H3,(H,23,26,28)(H,24,25,27). The lowest BCUT2D eigenvalue weighted by molar-refractivity contribution is -0.115. The highest BCUT2D eigenvalue weighted by Crippen LogP contribution is 2.24. The number of hydrogen-bond acceptors (Lipinski definition) is 6. The number of hydrogen-bond donors (Lipinski definition) is 2. The summed E-state index contributed by atoms with van der Waals surface area (Å²) in [6.45, 7) is 1.71. The van der Waals surface area contributed by atoms with E-state index in [1.165, 1.54) is 11.3 Å². The average Bonchev–Trinajstić information content (AvgIpc) is 3.20. The van der Waals surface area contributed by atoms with E-state index in [2.05, 4.69) is 25.3 Å². The molecule has 7 nitrogen and oxygen atoms in total. The zero-order chi connectivity index (χ0) is 20.2. The van der Waals surface area contributed by atoms with Gasteiger partial charge in [0.1, 0.15) is 5.69 Å². The molecule has 0 radical (unpaired) electrons. The van der Waals surface area contributed by atoms with Crippen LogP contribution in [0.5, 0.6) is 0 Å². The number of nitrogens with zero attached hydrogens (tertiary/aromatic N) is 3. The van der Waals surface area contributed by atoms with Crippen molar-refractivity contribution in [2.45, 2.75) is 13.3 Å². The minimum absolute atomic E-state index is 0.0864. The number of pyridine rings is 1. The largest absolute Gasteiger partial charge is 0.305 e. The maximum Gasteiger partial charge on any atom is 0.255 e. The third kappa shape index (κ3) is 4.27. The Hall–Kier alpha value is -3.65. The highest BCUT2D eigenvalue weighted by molar-refractivity contribution is 7.14. The van der Waals surface area contributed by atoms with E-state index in [0.717, 1.165) is 11.3 Å². The number of H-pyrrole nitrogens is 1. The summed E-state index contributed by atoms with van der Waals surface area (Å²) in [7, 11) is 0. The second-order valence-corrected chi connectivity index (χ2v) is 7.18. The molecule has 144 valence electrons. The molecule has 4 aromatic rings. The first-order chi connectivity index (χ1) is 14.1. The van der Waals surface area contributed by atoms with Crippen LogP contribution in [0.15, 0.2) is 64.9 Å². The van der Waals surface area contributed by atoms with Gasteiger partial charge in [0, 0.05) is 28.4 Å². The molecule has 8 heteroatoms. The van der Waals surface area contributed by atoms with Crippen LogP contribution in [0.4, 0.5) is 5.13 Å². The lowest BCUT2D eigenvalue weighted by Crippen LogP contribution is -2.24. The van der Waals surface area contributed by atoms with Gasteiger partial charge < -0.3 is 10.3 Å². The number of aryl methyl sites for hydroxylation is 1. The third-order valence-electron chi connectivity index (χ3n) is 4.29. The number of carbonyl (C=O) groups excluding carboxylic acids is 1. The van der Waals surface area contributed by atoms with Crippen LogP contribution in [0, 0.1) is 6.92 Å². The van der Waals surface area contributed by atoms with Gasteiger partial charge in [0.2, 0.25) is 5.91 Å². The van der Waals surface area contributed by atoms with Gasteiger partial charge in [0.25, 0.3) is 5.56 Å². The monoisotopic (exact) mass is 403 g/mol. The number of thiazole rings is 1. The van der Waals surface area contributed by atoms with Crippen LogP contribution in [-0.2, 0) is 11.2 Å². The summed E-state index contributed by atoms with van der Waals surface area (Å²) in [5.41, 5.74) is 2.81. The normalized spacial score (nSPS) is 10.7. The lowest BCUT2D eigenvalue weighted by Gasteiger charge is -2.07. The average molecular weight is 403 g/mol. The maximum atomic E-state index is 12.5. The molecule has 1 aromatic carbocycles. The minimum atomic E-state index is -0.350. The Morgan fingerprint density at radius 3 is 2.59 bits per heavy atom. The van der Waals surface area contributed by atoms with Gasteiger partial charge in [-0.2, -0.15) is 0 Å². The summed E-state index contributed by atoms with van der Waals surface area (Å²) >= 11 is 1.34. The summed E-state index contributed by atoms with van der Waals surface area (Å²) in [6.07, 6.45) is 1.54. The van der Waals surface area contributed by atoms with Crippen molar-refractivity contribution in [3.63, 3.8) is 0 Å². The van der Waals surface area contributed by atoms with Crippen molar-refractivity contribution in [3.05, 3.63) is 81.7 Å². The molecule has 0 aliphatic rings. The number of amides is 1. The van der Waals surface area contributed by atoms with Crippen LogP contribution >= 0.6 is 11.3 Å². The summed E-state index contributed by atoms with van der Waals surface area (Å²) in [4.78, 5) is 40.7. The summed E-state index contributed by atoms with van der Waals surface area (Å²) < 4.78 is 0. The molecule has 0 spiro atoms. The molecule has 0 fully saturated rings. The fourth-order valence-corrected chi connectivity index (χ4v) is 3.58. The second-order valence-electron chi connectivity index (χ2n) is 6.32. The Balaban J connectivity index is 1.49. The molecular weight excluding hydrogens is 386 g/mol. The van der Waals surface area contributed by atoms with E-state index in [-0.39, 0.29) is 17.9 Å². The SMILES string of the molecule is Cc1nc(-c2ccccn2)[nH]c(=O)c1CC(=O)Nc1nc(-c2ccccc2)cs1. The van der Waals surface area contributed by atoms with Crippen LogP contribution in [-0.4, -0.2) is 25.8 Å². The smallest absolute Gasteiger partial charge is 0.255 e. The number of aromatic nitrogens is 4. The van der Waals surface area contributed by atoms with Crippen molar-refractivity contribution in [2.75, 3.05) is 5.32 Å². The summed E-state index contributed by atoms with van der Waals surface area (Å²) in [5, 5.41) is 5.13. The van der Waals surface area contributed by atoms with Gasteiger partial charge in [-0.25, -0.2) is 9.97 Å². The summed E-state index contributed by atoms with van der Waals surface area (Å²) in [6, 6.07) is 15.1. The second kappa shape index (κ2) is 8.15. The number of nitrogens with one attached hydrogen (secondary N) is 2. The molecule has 0 aliphatic heterocycles. The molecule has 0 aliphatic carbocycles. The molecule has 0 atom stereocenters. The molecule has 1 amide bonds. The van der Waals surface area contributed by atoms with Crippen LogP contribution < -0.4 is 10.9 Å². The highest BCUT2D eigenvalue weighted by atomic mass is 32.1. The van der Waals surface area contributed by atoms with E-state index in [1.54, 1.807) is 25.3 Å². The number of aromatic amines is 1.